The second kappa shape index (κ2) is 10.2. The Kier molecular flexibility index (Phi) is 7.95. The molecule has 1 fully saturated rings. The molecule has 1 aromatic rings. The Morgan fingerprint density at radius 1 is 1.25 bits per heavy atom. The molecule has 0 unspecified atom stereocenters. The third-order valence-electron chi connectivity index (χ3n) is 4.63. The van der Waals surface area contributed by atoms with E-state index in [9.17, 15) is 4.79 Å². The van der Waals surface area contributed by atoms with Gasteiger partial charge in [-0.1, -0.05) is 39.0 Å². The molecule has 1 aliphatic carbocycles. The van der Waals surface area contributed by atoms with Crippen LogP contribution in [0.2, 0.25) is 0 Å². The Hall–Kier alpha value is -1.69. The molecule has 2 rings (SSSR count). The van der Waals surface area contributed by atoms with Crippen molar-refractivity contribution in [2.24, 2.45) is 0 Å². The molecule has 0 saturated heterocycles. The normalized spacial score (nSPS) is 16.1. The highest BCUT2D eigenvalue weighted by Gasteiger charge is 2.20. The molecule has 1 aromatic heterocycles. The molecule has 1 aliphatic rings. The van der Waals surface area contributed by atoms with Crippen LogP contribution >= 0.6 is 0 Å². The molecule has 0 spiro atoms. The summed E-state index contributed by atoms with van der Waals surface area (Å²) in [4.78, 5) is 21.6. The van der Waals surface area contributed by atoms with Crippen LogP contribution in [0, 0.1) is 0 Å². The average molecular weight is 334 g/mol. The summed E-state index contributed by atoms with van der Waals surface area (Å²) in [5.41, 5.74) is 1.09. The molecule has 6 nitrogen and oxygen atoms in total. The summed E-state index contributed by atoms with van der Waals surface area (Å²) in [6.45, 7) is 4.07. The van der Waals surface area contributed by atoms with Crippen molar-refractivity contribution in [3.63, 3.8) is 0 Å². The maximum Gasteiger partial charge on any atom is 0.322 e. The van der Waals surface area contributed by atoms with Crippen molar-refractivity contribution in [2.45, 2.75) is 70.9 Å². The SMILES string of the molecule is CCCCN(Cc1cnc(NCC(=O)O)nc1)C1CCCCCC1. The van der Waals surface area contributed by atoms with Crippen molar-refractivity contribution in [3.8, 4) is 0 Å². The Bertz CT molecular complexity index is 484. The van der Waals surface area contributed by atoms with Crippen molar-refractivity contribution in [3.05, 3.63) is 18.0 Å². The Morgan fingerprint density at radius 2 is 1.92 bits per heavy atom. The molecule has 0 amide bonds. The second-order valence-electron chi connectivity index (χ2n) is 6.63. The van der Waals surface area contributed by atoms with Crippen LogP contribution in [0.4, 0.5) is 5.95 Å². The highest BCUT2D eigenvalue weighted by molar-refractivity contribution is 5.71. The number of carboxylic acids is 1. The van der Waals surface area contributed by atoms with Gasteiger partial charge in [-0.15, -0.1) is 0 Å². The first-order chi connectivity index (χ1) is 11.7. The first kappa shape index (κ1) is 18.6. The van der Waals surface area contributed by atoms with E-state index in [0.717, 1.165) is 18.7 Å². The van der Waals surface area contributed by atoms with Gasteiger partial charge < -0.3 is 10.4 Å². The van der Waals surface area contributed by atoms with Crippen molar-refractivity contribution in [1.29, 1.82) is 0 Å². The van der Waals surface area contributed by atoms with Crippen LogP contribution in [-0.2, 0) is 11.3 Å². The zero-order valence-corrected chi connectivity index (χ0v) is 14.7. The van der Waals surface area contributed by atoms with Gasteiger partial charge in [-0.05, 0) is 25.8 Å². The van der Waals surface area contributed by atoms with Gasteiger partial charge in [0, 0.05) is 30.5 Å². The first-order valence-electron chi connectivity index (χ1n) is 9.19. The third-order valence-corrected chi connectivity index (χ3v) is 4.63. The Labute approximate surface area is 144 Å². The number of carboxylic acid groups (broad SMARTS) is 1. The topological polar surface area (TPSA) is 78.4 Å². The molecular weight excluding hydrogens is 304 g/mol. The molecule has 134 valence electrons. The largest absolute Gasteiger partial charge is 0.480 e. The average Bonchev–Trinajstić information content (AvgIpc) is 2.87. The molecule has 0 atom stereocenters. The number of hydrogen-bond acceptors (Lipinski definition) is 5. The van der Waals surface area contributed by atoms with Gasteiger partial charge in [0.15, 0.2) is 0 Å². The van der Waals surface area contributed by atoms with E-state index in [1.165, 1.54) is 51.4 Å². The summed E-state index contributed by atoms with van der Waals surface area (Å²) in [5.74, 6) is -0.544. The van der Waals surface area contributed by atoms with Crippen LogP contribution in [0.5, 0.6) is 0 Å². The van der Waals surface area contributed by atoms with Crippen molar-refractivity contribution in [2.75, 3.05) is 18.4 Å². The van der Waals surface area contributed by atoms with E-state index in [4.69, 9.17) is 5.11 Å². The highest BCUT2D eigenvalue weighted by Crippen LogP contribution is 2.23. The smallest absolute Gasteiger partial charge is 0.322 e. The Balaban J connectivity index is 1.95. The lowest BCUT2D eigenvalue weighted by atomic mass is 10.1. The van der Waals surface area contributed by atoms with Gasteiger partial charge >= 0.3 is 5.97 Å². The van der Waals surface area contributed by atoms with Crippen molar-refractivity contribution >= 4 is 11.9 Å². The van der Waals surface area contributed by atoms with Crippen molar-refractivity contribution < 1.29 is 9.90 Å². The standard InChI is InChI=1S/C18H30N4O2/c1-2-3-10-22(16-8-6-4-5-7-9-16)14-15-11-19-18(20-12-15)21-13-17(23)24/h11-12,16H,2-10,13-14H2,1H3,(H,23,24)(H,19,20,21). The summed E-state index contributed by atoms with van der Waals surface area (Å²) in [6.07, 6.45) is 14.0. The van der Waals surface area contributed by atoms with E-state index in [1.807, 2.05) is 12.4 Å². The maximum atomic E-state index is 10.6. The number of unbranched alkanes of at least 4 members (excludes halogenated alkanes) is 1. The summed E-state index contributed by atoms with van der Waals surface area (Å²) in [5, 5.41) is 11.4. The fourth-order valence-electron chi connectivity index (χ4n) is 3.29. The molecule has 0 aliphatic heterocycles. The summed E-state index contributed by atoms with van der Waals surface area (Å²) < 4.78 is 0. The molecule has 2 N–H and O–H groups in total. The first-order valence-corrected chi connectivity index (χ1v) is 9.19. The molecule has 24 heavy (non-hydrogen) atoms. The van der Waals surface area contributed by atoms with Crippen LogP contribution in [0.1, 0.15) is 63.9 Å². The minimum atomic E-state index is -0.915. The maximum absolute atomic E-state index is 10.6. The lowest BCUT2D eigenvalue weighted by Crippen LogP contribution is -2.35. The van der Waals surface area contributed by atoms with Crippen LogP contribution in [0.3, 0.4) is 0 Å². The number of nitrogens with zero attached hydrogens (tertiary/aromatic N) is 3. The predicted molar refractivity (Wildman–Crippen MR) is 95.0 cm³/mol. The van der Waals surface area contributed by atoms with Gasteiger partial charge in [0.1, 0.15) is 6.54 Å². The number of anilines is 1. The van der Waals surface area contributed by atoms with E-state index in [2.05, 4.69) is 27.1 Å². The molecule has 6 heteroatoms. The minimum Gasteiger partial charge on any atom is -0.480 e. The number of hydrogen-bond donors (Lipinski definition) is 2. The van der Waals surface area contributed by atoms with E-state index < -0.39 is 5.97 Å². The number of aliphatic carboxylic acids is 1. The fraction of sp³-hybridized carbons (Fsp3) is 0.722. The van der Waals surface area contributed by atoms with E-state index in [1.54, 1.807) is 0 Å². The highest BCUT2D eigenvalue weighted by atomic mass is 16.4. The summed E-state index contributed by atoms with van der Waals surface area (Å²) in [7, 11) is 0. The molecule has 1 saturated carbocycles. The number of nitrogens with one attached hydrogen (secondary N) is 1. The van der Waals surface area contributed by atoms with Crippen LogP contribution in [-0.4, -0.2) is 45.1 Å². The van der Waals surface area contributed by atoms with E-state index in [0.29, 0.717) is 12.0 Å². The van der Waals surface area contributed by atoms with Gasteiger partial charge in [-0.2, -0.15) is 0 Å². The van der Waals surface area contributed by atoms with Crippen LogP contribution in [0.25, 0.3) is 0 Å². The van der Waals surface area contributed by atoms with Gasteiger partial charge in [-0.3, -0.25) is 9.69 Å². The van der Waals surface area contributed by atoms with Gasteiger partial charge in [0.2, 0.25) is 5.95 Å². The molecule has 1 heterocycles. The number of carbonyl (C=O) groups is 1. The lowest BCUT2D eigenvalue weighted by molar-refractivity contribution is -0.134. The molecule has 0 bridgehead atoms. The predicted octanol–water partition coefficient (Wildman–Crippen LogP) is 3.30. The summed E-state index contributed by atoms with van der Waals surface area (Å²) in [6, 6.07) is 0.670. The van der Waals surface area contributed by atoms with Crippen molar-refractivity contribution in [1.82, 2.24) is 14.9 Å². The monoisotopic (exact) mass is 334 g/mol. The van der Waals surface area contributed by atoms with E-state index in [-0.39, 0.29) is 6.54 Å². The molecule has 0 aromatic carbocycles. The number of aromatic nitrogens is 2. The van der Waals surface area contributed by atoms with Gasteiger partial charge in [0.05, 0.1) is 0 Å². The molecule has 0 radical (unpaired) electrons. The van der Waals surface area contributed by atoms with Gasteiger partial charge in [-0.25, -0.2) is 9.97 Å². The fourth-order valence-corrected chi connectivity index (χ4v) is 3.29. The van der Waals surface area contributed by atoms with Crippen LogP contribution < -0.4 is 5.32 Å². The lowest BCUT2D eigenvalue weighted by Gasteiger charge is -2.31. The van der Waals surface area contributed by atoms with Crippen LogP contribution in [0.15, 0.2) is 12.4 Å². The van der Waals surface area contributed by atoms with Gasteiger partial charge in [0.25, 0.3) is 0 Å². The second-order valence-corrected chi connectivity index (χ2v) is 6.63. The van der Waals surface area contributed by atoms with E-state index >= 15 is 0 Å². The third kappa shape index (κ3) is 6.43. The number of rotatable bonds is 9. The minimum absolute atomic E-state index is 0.163. The quantitative estimate of drug-likeness (QED) is 0.675. The Morgan fingerprint density at radius 3 is 2.50 bits per heavy atom. The zero-order valence-electron chi connectivity index (χ0n) is 14.7. The molecular formula is C18H30N4O2. The summed E-state index contributed by atoms with van der Waals surface area (Å²) >= 11 is 0. The zero-order chi connectivity index (χ0) is 17.2.